The van der Waals surface area contributed by atoms with E-state index in [1.807, 2.05) is 0 Å². The molecule has 0 fully saturated rings. The number of alkyl halides is 4. The Hall–Kier alpha value is -1.79. The fraction of sp³-hybridized carbons (Fsp3) is 0.273. The Labute approximate surface area is 98.4 Å². The molecule has 0 aliphatic rings. The molecule has 0 radical (unpaired) electrons. The second kappa shape index (κ2) is 4.47. The quantitative estimate of drug-likeness (QED) is 0.840. The molecule has 1 aromatic heterocycles. The fourth-order valence-electron chi connectivity index (χ4n) is 1.76. The number of aromatic amines is 1. The molecule has 2 rings (SSSR count). The van der Waals surface area contributed by atoms with E-state index in [1.54, 1.807) is 0 Å². The number of fused-ring (bicyclic) bond motifs is 1. The van der Waals surface area contributed by atoms with E-state index in [0.29, 0.717) is 0 Å². The largest absolute Gasteiger partial charge is 0.573 e. The summed E-state index contributed by atoms with van der Waals surface area (Å²) < 4.78 is 66.1. The highest BCUT2D eigenvalue weighted by Crippen LogP contribution is 2.34. The van der Waals surface area contributed by atoms with Gasteiger partial charge in [0.2, 0.25) is 0 Å². The zero-order valence-corrected chi connectivity index (χ0v) is 8.94. The average molecular weight is 265 g/mol. The van der Waals surface area contributed by atoms with Gasteiger partial charge in [0.1, 0.15) is 11.6 Å². The van der Waals surface area contributed by atoms with Gasteiger partial charge in [0, 0.05) is 18.0 Å². The third kappa shape index (κ3) is 2.39. The molecule has 1 heterocycles. The number of H-pyrrole nitrogens is 1. The van der Waals surface area contributed by atoms with E-state index in [4.69, 9.17) is 0 Å². The number of rotatable bonds is 3. The molecule has 0 aliphatic heterocycles. The summed E-state index contributed by atoms with van der Waals surface area (Å²) >= 11 is 0. The maximum Gasteiger partial charge on any atom is 0.573 e. The standard InChI is InChI=1S/C11H8F5NO/c12-4-3-6-5-17-10-7(13)1-2-8(9(6)10)18-11(14,15)16/h1-2,5,17H,3-4H2. The van der Waals surface area contributed by atoms with Crippen molar-refractivity contribution in [2.75, 3.05) is 6.67 Å². The van der Waals surface area contributed by atoms with Crippen molar-refractivity contribution >= 4 is 10.9 Å². The molecular weight excluding hydrogens is 257 g/mol. The van der Waals surface area contributed by atoms with Crippen LogP contribution in [0.15, 0.2) is 18.3 Å². The maximum atomic E-state index is 13.4. The summed E-state index contributed by atoms with van der Waals surface area (Å²) in [5, 5.41) is -0.0787. The van der Waals surface area contributed by atoms with Crippen molar-refractivity contribution in [2.24, 2.45) is 0 Å². The molecule has 7 heteroatoms. The van der Waals surface area contributed by atoms with E-state index in [-0.39, 0.29) is 22.9 Å². The number of aryl methyl sites for hydroxylation is 1. The van der Waals surface area contributed by atoms with Crippen molar-refractivity contribution in [1.29, 1.82) is 0 Å². The molecule has 18 heavy (non-hydrogen) atoms. The summed E-state index contributed by atoms with van der Waals surface area (Å²) in [6, 6.07) is 1.74. The van der Waals surface area contributed by atoms with Gasteiger partial charge in [0.25, 0.3) is 0 Å². The number of ether oxygens (including phenoxy) is 1. The number of hydrogen-bond donors (Lipinski definition) is 1. The molecular formula is C11H8F5NO. The summed E-state index contributed by atoms with van der Waals surface area (Å²) in [5.41, 5.74) is 0.117. The van der Waals surface area contributed by atoms with Crippen LogP contribution >= 0.6 is 0 Å². The highest BCUT2D eigenvalue weighted by molar-refractivity contribution is 5.89. The highest BCUT2D eigenvalue weighted by atomic mass is 19.4. The van der Waals surface area contributed by atoms with Gasteiger partial charge in [-0.15, -0.1) is 13.2 Å². The predicted molar refractivity (Wildman–Crippen MR) is 54.6 cm³/mol. The molecule has 98 valence electrons. The second-order valence-corrected chi connectivity index (χ2v) is 3.60. The van der Waals surface area contributed by atoms with Crippen molar-refractivity contribution in [3.05, 3.63) is 29.7 Å². The van der Waals surface area contributed by atoms with Gasteiger partial charge in [0.05, 0.1) is 12.2 Å². The van der Waals surface area contributed by atoms with Gasteiger partial charge in [-0.1, -0.05) is 0 Å². The van der Waals surface area contributed by atoms with E-state index in [1.165, 1.54) is 6.20 Å². The van der Waals surface area contributed by atoms with E-state index in [9.17, 15) is 22.0 Å². The Bertz CT molecular complexity index is 560. The topological polar surface area (TPSA) is 25.0 Å². The lowest BCUT2D eigenvalue weighted by atomic mass is 10.1. The summed E-state index contributed by atoms with van der Waals surface area (Å²) in [7, 11) is 0. The van der Waals surface area contributed by atoms with E-state index < -0.39 is 24.6 Å². The minimum absolute atomic E-state index is 0.0787. The number of nitrogens with one attached hydrogen (secondary N) is 1. The van der Waals surface area contributed by atoms with Crippen molar-refractivity contribution in [3.63, 3.8) is 0 Å². The first-order valence-corrected chi connectivity index (χ1v) is 5.02. The molecule has 2 aromatic rings. The SMILES string of the molecule is FCCc1c[nH]c2c(F)ccc(OC(F)(F)F)c12. The van der Waals surface area contributed by atoms with Crippen LogP contribution < -0.4 is 4.74 Å². The van der Waals surface area contributed by atoms with E-state index in [2.05, 4.69) is 9.72 Å². The monoisotopic (exact) mass is 265 g/mol. The minimum atomic E-state index is -4.88. The molecule has 1 aromatic carbocycles. The van der Waals surface area contributed by atoms with Crippen LogP contribution in [0.25, 0.3) is 10.9 Å². The molecule has 0 saturated carbocycles. The molecule has 0 aliphatic carbocycles. The van der Waals surface area contributed by atoms with Crippen LogP contribution in [0, 0.1) is 5.82 Å². The Morgan fingerprint density at radius 1 is 1.22 bits per heavy atom. The van der Waals surface area contributed by atoms with Crippen LogP contribution in [0.4, 0.5) is 22.0 Å². The number of halogens is 5. The lowest BCUT2D eigenvalue weighted by molar-refractivity contribution is -0.274. The third-order valence-electron chi connectivity index (χ3n) is 2.42. The van der Waals surface area contributed by atoms with Gasteiger partial charge in [-0.2, -0.15) is 0 Å². The van der Waals surface area contributed by atoms with Gasteiger partial charge in [-0.05, 0) is 17.7 Å². The minimum Gasteiger partial charge on any atom is -0.405 e. The molecule has 0 amide bonds. The Balaban J connectivity index is 2.58. The van der Waals surface area contributed by atoms with Crippen LogP contribution in [-0.2, 0) is 6.42 Å². The fourth-order valence-corrected chi connectivity index (χ4v) is 1.76. The van der Waals surface area contributed by atoms with Crippen molar-refractivity contribution in [1.82, 2.24) is 4.98 Å². The zero-order chi connectivity index (χ0) is 13.3. The van der Waals surface area contributed by atoms with Crippen LogP contribution in [-0.4, -0.2) is 18.0 Å². The zero-order valence-electron chi connectivity index (χ0n) is 8.94. The first kappa shape index (κ1) is 12.7. The van der Waals surface area contributed by atoms with Gasteiger partial charge >= 0.3 is 6.36 Å². The highest BCUT2D eigenvalue weighted by Gasteiger charge is 2.32. The van der Waals surface area contributed by atoms with Gasteiger partial charge in [0.15, 0.2) is 0 Å². The molecule has 1 N–H and O–H groups in total. The number of aromatic nitrogens is 1. The lowest BCUT2D eigenvalue weighted by Crippen LogP contribution is -2.17. The van der Waals surface area contributed by atoms with Gasteiger partial charge in [-0.3, -0.25) is 4.39 Å². The Kier molecular flexibility index (Phi) is 3.14. The van der Waals surface area contributed by atoms with Crippen molar-refractivity contribution < 1.29 is 26.7 Å². The van der Waals surface area contributed by atoms with E-state index in [0.717, 1.165) is 12.1 Å². The molecule has 2 nitrogen and oxygen atoms in total. The number of benzene rings is 1. The van der Waals surface area contributed by atoms with Crippen molar-refractivity contribution in [3.8, 4) is 5.75 Å². The summed E-state index contributed by atoms with van der Waals surface area (Å²) in [6.45, 7) is -0.755. The van der Waals surface area contributed by atoms with Crippen LogP contribution in [0.3, 0.4) is 0 Å². The summed E-state index contributed by atoms with van der Waals surface area (Å²) in [5.74, 6) is -1.26. The Morgan fingerprint density at radius 2 is 1.94 bits per heavy atom. The molecule has 0 bridgehead atoms. The third-order valence-corrected chi connectivity index (χ3v) is 2.42. The van der Waals surface area contributed by atoms with Crippen LogP contribution in [0.5, 0.6) is 5.75 Å². The lowest BCUT2D eigenvalue weighted by Gasteiger charge is -2.11. The summed E-state index contributed by atoms with van der Waals surface area (Å²) in [4.78, 5) is 2.48. The van der Waals surface area contributed by atoms with Crippen molar-refractivity contribution in [2.45, 2.75) is 12.8 Å². The maximum absolute atomic E-state index is 13.4. The predicted octanol–water partition coefficient (Wildman–Crippen LogP) is 3.72. The van der Waals surface area contributed by atoms with Gasteiger partial charge in [-0.25, -0.2) is 4.39 Å². The smallest absolute Gasteiger partial charge is 0.405 e. The second-order valence-electron chi connectivity index (χ2n) is 3.60. The van der Waals surface area contributed by atoms with E-state index >= 15 is 0 Å². The molecule has 0 saturated heterocycles. The molecule has 0 atom stereocenters. The summed E-state index contributed by atoms with van der Waals surface area (Å²) in [6.07, 6.45) is -3.72. The van der Waals surface area contributed by atoms with Gasteiger partial charge < -0.3 is 9.72 Å². The average Bonchev–Trinajstić information content (AvgIpc) is 2.66. The molecule has 0 unspecified atom stereocenters. The van der Waals surface area contributed by atoms with Crippen LogP contribution in [0.2, 0.25) is 0 Å². The van der Waals surface area contributed by atoms with Crippen LogP contribution in [0.1, 0.15) is 5.56 Å². The first-order chi connectivity index (χ1) is 8.42. The normalized spacial score (nSPS) is 12.1. The molecule has 0 spiro atoms. The first-order valence-electron chi connectivity index (χ1n) is 5.02. The number of hydrogen-bond acceptors (Lipinski definition) is 1. The Morgan fingerprint density at radius 3 is 2.56 bits per heavy atom.